The molecule has 0 spiro atoms. The number of hydrogen-bond acceptors (Lipinski definition) is 3. The molecule has 2 rings (SSSR count). The van der Waals surface area contributed by atoms with Gasteiger partial charge in [-0.15, -0.1) is 11.8 Å². The van der Waals surface area contributed by atoms with Crippen LogP contribution in [0.4, 0.5) is 0 Å². The first-order valence-electron chi connectivity index (χ1n) is 6.87. The van der Waals surface area contributed by atoms with Gasteiger partial charge in [-0.05, 0) is 61.7 Å². The standard InChI is InChI=1S/C15H24N2S/c1-11(10-16)8-14(17-2)12-5-6-15-13(9-12)4-3-7-18-15/h5-6,9,11,14,17H,3-4,7-8,10,16H2,1-2H3. The molecule has 0 amide bonds. The lowest BCUT2D eigenvalue weighted by atomic mass is 9.94. The van der Waals surface area contributed by atoms with Crippen molar-refractivity contribution in [3.63, 3.8) is 0 Å². The van der Waals surface area contributed by atoms with E-state index in [4.69, 9.17) is 5.73 Å². The van der Waals surface area contributed by atoms with Crippen LogP contribution in [0.1, 0.15) is 36.9 Å². The van der Waals surface area contributed by atoms with Crippen LogP contribution in [0.5, 0.6) is 0 Å². The fourth-order valence-corrected chi connectivity index (χ4v) is 3.54. The normalized spacial score (nSPS) is 18.2. The first-order chi connectivity index (χ1) is 8.74. The van der Waals surface area contributed by atoms with Gasteiger partial charge < -0.3 is 11.1 Å². The van der Waals surface area contributed by atoms with Gasteiger partial charge in [0, 0.05) is 10.9 Å². The van der Waals surface area contributed by atoms with Crippen LogP contribution in [0, 0.1) is 5.92 Å². The Balaban J connectivity index is 2.15. The second kappa shape index (κ2) is 6.60. The summed E-state index contributed by atoms with van der Waals surface area (Å²) in [7, 11) is 2.04. The molecule has 18 heavy (non-hydrogen) atoms. The Kier molecular flexibility index (Phi) is 5.10. The van der Waals surface area contributed by atoms with E-state index >= 15 is 0 Å². The van der Waals surface area contributed by atoms with Crippen LogP contribution in [-0.4, -0.2) is 19.3 Å². The molecule has 1 aliphatic heterocycles. The highest BCUT2D eigenvalue weighted by Crippen LogP contribution is 2.32. The van der Waals surface area contributed by atoms with Crippen molar-refractivity contribution >= 4 is 11.8 Å². The van der Waals surface area contributed by atoms with Crippen LogP contribution >= 0.6 is 11.8 Å². The Morgan fingerprint density at radius 1 is 1.44 bits per heavy atom. The Labute approximate surface area is 115 Å². The minimum atomic E-state index is 0.431. The van der Waals surface area contributed by atoms with Gasteiger partial charge in [0.25, 0.3) is 0 Å². The molecular weight excluding hydrogens is 240 g/mol. The van der Waals surface area contributed by atoms with Gasteiger partial charge in [-0.1, -0.05) is 19.1 Å². The molecule has 2 nitrogen and oxygen atoms in total. The maximum atomic E-state index is 5.73. The fourth-order valence-electron chi connectivity index (χ4n) is 2.52. The second-order valence-electron chi connectivity index (χ2n) is 5.24. The zero-order valence-corrected chi connectivity index (χ0v) is 12.2. The minimum absolute atomic E-state index is 0.431. The van der Waals surface area contributed by atoms with E-state index in [1.165, 1.54) is 34.6 Å². The lowest BCUT2D eigenvalue weighted by Crippen LogP contribution is -2.22. The van der Waals surface area contributed by atoms with Gasteiger partial charge in [-0.2, -0.15) is 0 Å². The van der Waals surface area contributed by atoms with Crippen molar-refractivity contribution in [3.05, 3.63) is 29.3 Å². The quantitative estimate of drug-likeness (QED) is 0.858. The monoisotopic (exact) mass is 264 g/mol. The molecule has 1 heterocycles. The molecule has 0 saturated carbocycles. The van der Waals surface area contributed by atoms with Crippen molar-refractivity contribution in [2.45, 2.75) is 37.1 Å². The van der Waals surface area contributed by atoms with Gasteiger partial charge in [0.2, 0.25) is 0 Å². The summed E-state index contributed by atoms with van der Waals surface area (Å²) in [5, 5.41) is 3.43. The third kappa shape index (κ3) is 3.28. The molecule has 1 aromatic carbocycles. The molecule has 0 fully saturated rings. The Hall–Kier alpha value is -0.510. The first-order valence-corrected chi connectivity index (χ1v) is 7.86. The van der Waals surface area contributed by atoms with E-state index in [2.05, 4.69) is 30.4 Å². The van der Waals surface area contributed by atoms with Gasteiger partial charge in [0.1, 0.15) is 0 Å². The Morgan fingerprint density at radius 2 is 2.28 bits per heavy atom. The number of nitrogens with two attached hydrogens (primary N) is 1. The number of benzene rings is 1. The number of fused-ring (bicyclic) bond motifs is 1. The summed E-state index contributed by atoms with van der Waals surface area (Å²) in [5.74, 6) is 1.83. The minimum Gasteiger partial charge on any atom is -0.330 e. The third-order valence-electron chi connectivity index (χ3n) is 3.72. The molecule has 1 aromatic rings. The molecule has 2 atom stereocenters. The van der Waals surface area contributed by atoms with Crippen LogP contribution < -0.4 is 11.1 Å². The van der Waals surface area contributed by atoms with Gasteiger partial charge in [0.15, 0.2) is 0 Å². The highest BCUT2D eigenvalue weighted by atomic mass is 32.2. The number of aryl methyl sites for hydroxylation is 1. The number of nitrogens with one attached hydrogen (secondary N) is 1. The summed E-state index contributed by atoms with van der Waals surface area (Å²) < 4.78 is 0. The van der Waals surface area contributed by atoms with Crippen molar-refractivity contribution in [1.29, 1.82) is 0 Å². The molecule has 3 heteroatoms. The number of rotatable bonds is 5. The molecule has 0 radical (unpaired) electrons. The zero-order valence-electron chi connectivity index (χ0n) is 11.4. The molecule has 1 aliphatic rings. The SMILES string of the molecule is CNC(CC(C)CN)c1ccc2c(c1)CCCS2. The van der Waals surface area contributed by atoms with Crippen molar-refractivity contribution in [3.8, 4) is 0 Å². The van der Waals surface area contributed by atoms with Crippen LogP contribution in [0.3, 0.4) is 0 Å². The summed E-state index contributed by atoms with van der Waals surface area (Å²) in [6, 6.07) is 7.40. The smallest absolute Gasteiger partial charge is 0.0320 e. The van der Waals surface area contributed by atoms with Crippen molar-refractivity contribution in [2.75, 3.05) is 19.3 Å². The van der Waals surface area contributed by atoms with Crippen molar-refractivity contribution < 1.29 is 0 Å². The van der Waals surface area contributed by atoms with E-state index in [1.807, 2.05) is 18.8 Å². The van der Waals surface area contributed by atoms with E-state index < -0.39 is 0 Å². The highest BCUT2D eigenvalue weighted by Gasteiger charge is 2.16. The summed E-state index contributed by atoms with van der Waals surface area (Å²) in [6.45, 7) is 2.98. The average molecular weight is 264 g/mol. The maximum absolute atomic E-state index is 5.73. The predicted molar refractivity (Wildman–Crippen MR) is 80.1 cm³/mol. The average Bonchev–Trinajstić information content (AvgIpc) is 2.44. The second-order valence-corrected chi connectivity index (χ2v) is 6.37. The zero-order chi connectivity index (χ0) is 13.0. The van der Waals surface area contributed by atoms with E-state index in [0.717, 1.165) is 13.0 Å². The Bertz CT molecular complexity index is 392. The van der Waals surface area contributed by atoms with E-state index in [-0.39, 0.29) is 0 Å². The van der Waals surface area contributed by atoms with Crippen LogP contribution in [0.2, 0.25) is 0 Å². The lowest BCUT2D eigenvalue weighted by molar-refractivity contribution is 0.437. The molecule has 3 N–H and O–H groups in total. The third-order valence-corrected chi connectivity index (χ3v) is 4.93. The van der Waals surface area contributed by atoms with Crippen LogP contribution in [0.15, 0.2) is 23.1 Å². The van der Waals surface area contributed by atoms with E-state index in [1.54, 1.807) is 0 Å². The van der Waals surface area contributed by atoms with Gasteiger partial charge in [-0.25, -0.2) is 0 Å². The van der Waals surface area contributed by atoms with Gasteiger partial charge >= 0.3 is 0 Å². The highest BCUT2D eigenvalue weighted by molar-refractivity contribution is 7.99. The molecule has 100 valence electrons. The summed E-state index contributed by atoms with van der Waals surface area (Å²) in [6.07, 6.45) is 3.66. The van der Waals surface area contributed by atoms with Gasteiger partial charge in [0.05, 0.1) is 0 Å². The maximum Gasteiger partial charge on any atom is 0.0320 e. The molecule has 0 bridgehead atoms. The topological polar surface area (TPSA) is 38.0 Å². The van der Waals surface area contributed by atoms with Crippen LogP contribution in [0.25, 0.3) is 0 Å². The fraction of sp³-hybridized carbons (Fsp3) is 0.600. The predicted octanol–water partition coefficient (Wildman–Crippen LogP) is 2.97. The van der Waals surface area contributed by atoms with Gasteiger partial charge in [-0.3, -0.25) is 0 Å². The molecule has 0 aromatic heterocycles. The van der Waals surface area contributed by atoms with E-state index in [9.17, 15) is 0 Å². The molecular formula is C15H24N2S. The summed E-state index contributed by atoms with van der Waals surface area (Å²) >= 11 is 1.99. The van der Waals surface area contributed by atoms with Crippen molar-refractivity contribution in [2.24, 2.45) is 11.7 Å². The molecule has 2 unspecified atom stereocenters. The lowest BCUT2D eigenvalue weighted by Gasteiger charge is -2.23. The first kappa shape index (κ1) is 13.9. The largest absolute Gasteiger partial charge is 0.330 e. The summed E-state index contributed by atoms with van der Waals surface area (Å²) in [4.78, 5) is 1.48. The molecule has 0 aliphatic carbocycles. The number of hydrogen-bond donors (Lipinski definition) is 2. The van der Waals surface area contributed by atoms with E-state index in [0.29, 0.717) is 12.0 Å². The Morgan fingerprint density at radius 3 is 3.00 bits per heavy atom. The van der Waals surface area contributed by atoms with Crippen molar-refractivity contribution in [1.82, 2.24) is 5.32 Å². The van der Waals surface area contributed by atoms with Crippen LogP contribution in [-0.2, 0) is 6.42 Å². The molecule has 0 saturated heterocycles. The summed E-state index contributed by atoms with van der Waals surface area (Å²) in [5.41, 5.74) is 8.68. The number of thioether (sulfide) groups is 1.